The van der Waals surface area contributed by atoms with Gasteiger partial charge in [0.1, 0.15) is 24.2 Å². The summed E-state index contributed by atoms with van der Waals surface area (Å²) >= 11 is 0. The summed E-state index contributed by atoms with van der Waals surface area (Å²) in [5.41, 5.74) is 3.78. The van der Waals surface area contributed by atoms with Crippen LogP contribution in [0.3, 0.4) is 0 Å². The number of allylic oxidation sites excluding steroid dienone is 2. The number of carbonyl (C=O) groups excluding carboxylic acids is 2. The highest BCUT2D eigenvalue weighted by Crippen LogP contribution is 2.35. The zero-order valence-electron chi connectivity index (χ0n) is 20.6. The van der Waals surface area contributed by atoms with Gasteiger partial charge in [0.2, 0.25) is 0 Å². The van der Waals surface area contributed by atoms with Gasteiger partial charge in [-0.1, -0.05) is 55.1 Å². The molecular formula is C28H30BNO6. The highest BCUT2D eigenvalue weighted by molar-refractivity contribution is 6.64. The Morgan fingerprint density at radius 3 is 2.36 bits per heavy atom. The van der Waals surface area contributed by atoms with Crippen molar-refractivity contribution in [3.05, 3.63) is 95.8 Å². The molecule has 0 bridgehead atoms. The quantitative estimate of drug-likeness (QED) is 0.417. The topological polar surface area (TPSA) is 74.3 Å². The van der Waals surface area contributed by atoms with Gasteiger partial charge in [0.15, 0.2) is 0 Å². The van der Waals surface area contributed by atoms with Crippen LogP contribution in [0.2, 0.25) is 0 Å². The van der Waals surface area contributed by atoms with Crippen LogP contribution in [0.25, 0.3) is 0 Å². The molecule has 4 rings (SSSR count). The van der Waals surface area contributed by atoms with Gasteiger partial charge in [-0.05, 0) is 56.2 Å². The Balaban J connectivity index is 1.43. The van der Waals surface area contributed by atoms with E-state index in [-0.39, 0.29) is 19.2 Å². The summed E-state index contributed by atoms with van der Waals surface area (Å²) in [6.07, 6.45) is 5.28. The molecule has 1 atom stereocenters. The van der Waals surface area contributed by atoms with Gasteiger partial charge in [-0.15, -0.1) is 0 Å². The Labute approximate surface area is 212 Å². The first-order chi connectivity index (χ1) is 17.5. The number of carbonyl (C=O) groups is 2. The Hall–Kier alpha value is -3.78. The lowest BCUT2D eigenvalue weighted by atomic mass is 9.78. The van der Waals surface area contributed by atoms with Gasteiger partial charge in [-0.3, -0.25) is 14.5 Å². The number of hydrogen-bond acceptors (Lipinski definition) is 7. The number of benzene rings is 2. The summed E-state index contributed by atoms with van der Waals surface area (Å²) in [6.45, 7) is 6.52. The molecule has 1 saturated heterocycles. The molecule has 2 aromatic rings. The Morgan fingerprint density at radius 2 is 1.75 bits per heavy atom. The van der Waals surface area contributed by atoms with E-state index < -0.39 is 19.1 Å². The molecule has 186 valence electrons. The van der Waals surface area contributed by atoms with Crippen LogP contribution < -0.4 is 10.2 Å². The van der Waals surface area contributed by atoms with E-state index >= 15 is 0 Å². The molecule has 7 nitrogen and oxygen atoms in total. The minimum Gasteiger partial charge on any atom is -0.494 e. The van der Waals surface area contributed by atoms with Crippen molar-refractivity contribution in [2.24, 2.45) is 0 Å². The average Bonchev–Trinajstić information content (AvgIpc) is 3.26. The average molecular weight is 487 g/mol. The van der Waals surface area contributed by atoms with Crippen molar-refractivity contribution in [1.82, 2.24) is 4.90 Å². The highest BCUT2D eigenvalue weighted by Gasteiger charge is 2.34. The lowest BCUT2D eigenvalue weighted by Crippen LogP contribution is -2.47. The van der Waals surface area contributed by atoms with Crippen LogP contribution in [0.4, 0.5) is 0 Å². The molecule has 1 aliphatic heterocycles. The van der Waals surface area contributed by atoms with Crippen LogP contribution in [-0.2, 0) is 30.2 Å². The lowest BCUT2D eigenvalue weighted by Gasteiger charge is -2.22. The van der Waals surface area contributed by atoms with Crippen LogP contribution in [0.15, 0.2) is 90.2 Å². The molecule has 36 heavy (non-hydrogen) atoms. The number of nitrogens with zero attached hydrogens (tertiary/aromatic N) is 1. The van der Waals surface area contributed by atoms with E-state index in [0.29, 0.717) is 17.8 Å². The minimum absolute atomic E-state index is 0.0245. The van der Waals surface area contributed by atoms with Gasteiger partial charge in [-0.2, -0.15) is 0 Å². The first-order valence-corrected chi connectivity index (χ1v) is 12.0. The molecule has 1 aliphatic carbocycles. The van der Waals surface area contributed by atoms with Crippen LogP contribution in [-0.4, -0.2) is 50.2 Å². The van der Waals surface area contributed by atoms with Gasteiger partial charge in [0, 0.05) is 11.0 Å². The summed E-state index contributed by atoms with van der Waals surface area (Å²) in [4.78, 5) is 25.6. The smallest absolute Gasteiger partial charge is 0.494 e. The van der Waals surface area contributed by atoms with Crippen LogP contribution in [0, 0.1) is 0 Å². The summed E-state index contributed by atoms with van der Waals surface area (Å²) in [5, 5.41) is 0. The predicted molar refractivity (Wildman–Crippen MR) is 137 cm³/mol. The first-order valence-electron chi connectivity index (χ1n) is 12.0. The van der Waals surface area contributed by atoms with Crippen LogP contribution >= 0.6 is 0 Å². The number of likely N-dealkylation sites (N-methyl/N-ethyl adjacent to an activating group) is 1. The van der Waals surface area contributed by atoms with E-state index in [1.54, 1.807) is 36.2 Å². The van der Waals surface area contributed by atoms with E-state index in [2.05, 4.69) is 6.58 Å². The minimum atomic E-state index is -1.08. The van der Waals surface area contributed by atoms with Crippen LogP contribution in [0.5, 0.6) is 5.75 Å². The Kier molecular flexibility index (Phi) is 8.28. The van der Waals surface area contributed by atoms with Crippen molar-refractivity contribution in [2.75, 3.05) is 20.1 Å². The van der Waals surface area contributed by atoms with E-state index in [1.807, 2.05) is 49.4 Å². The molecule has 2 aliphatic rings. The SMILES string of the molecule is C=CC1=C(/C(=C\C)OCc2ccccc2)CCC1Oc1ccc(B2OC(=O)CN(C)CC(=O)O2)cc1. The van der Waals surface area contributed by atoms with Gasteiger partial charge in [-0.25, -0.2) is 0 Å². The predicted octanol–water partition coefficient (Wildman–Crippen LogP) is 3.56. The third kappa shape index (κ3) is 6.26. The molecule has 0 aromatic heterocycles. The molecule has 0 N–H and O–H groups in total. The zero-order chi connectivity index (χ0) is 25.5. The second-order valence-corrected chi connectivity index (χ2v) is 8.76. The molecule has 1 heterocycles. The van der Waals surface area contributed by atoms with Gasteiger partial charge < -0.3 is 18.8 Å². The largest absolute Gasteiger partial charge is 0.636 e. The van der Waals surface area contributed by atoms with Gasteiger partial charge >= 0.3 is 19.1 Å². The molecular weight excluding hydrogens is 457 g/mol. The van der Waals surface area contributed by atoms with Crippen molar-refractivity contribution in [1.29, 1.82) is 0 Å². The second kappa shape index (κ2) is 11.8. The van der Waals surface area contributed by atoms with E-state index in [4.69, 9.17) is 18.8 Å². The van der Waals surface area contributed by atoms with E-state index in [9.17, 15) is 9.59 Å². The maximum absolute atomic E-state index is 12.0. The first kappa shape index (κ1) is 25.3. The number of hydrogen-bond donors (Lipinski definition) is 0. The van der Waals surface area contributed by atoms with Crippen molar-refractivity contribution in [2.45, 2.75) is 32.5 Å². The van der Waals surface area contributed by atoms with E-state index in [1.165, 1.54) is 0 Å². The molecule has 1 unspecified atom stereocenters. The highest BCUT2D eigenvalue weighted by atomic mass is 16.6. The van der Waals surface area contributed by atoms with Crippen molar-refractivity contribution in [3.63, 3.8) is 0 Å². The number of ether oxygens (including phenoxy) is 2. The van der Waals surface area contributed by atoms with Crippen molar-refractivity contribution < 1.29 is 28.4 Å². The fourth-order valence-corrected chi connectivity index (χ4v) is 4.33. The molecule has 0 saturated carbocycles. The summed E-state index contributed by atoms with van der Waals surface area (Å²) < 4.78 is 23.1. The maximum Gasteiger partial charge on any atom is 0.636 e. The second-order valence-electron chi connectivity index (χ2n) is 8.76. The van der Waals surface area contributed by atoms with Gasteiger partial charge in [0.25, 0.3) is 0 Å². The fraction of sp³-hybridized carbons (Fsp3) is 0.286. The number of rotatable bonds is 8. The summed E-state index contributed by atoms with van der Waals surface area (Å²) in [5.74, 6) is 0.584. The standard InChI is InChI=1S/C28H30BNO6/c1-4-23-24(25(5-2)33-19-20-9-7-6-8-10-20)15-16-26(23)34-22-13-11-21(12-14-22)29-35-27(31)17-30(3)18-28(32)36-29/h4-14,26H,1,15-19H2,2-3H3/b25-5+. The lowest BCUT2D eigenvalue weighted by molar-refractivity contribution is -0.145. The molecule has 8 heteroatoms. The zero-order valence-corrected chi connectivity index (χ0v) is 20.6. The molecule has 0 spiro atoms. The van der Waals surface area contributed by atoms with Gasteiger partial charge in [0.05, 0.1) is 13.1 Å². The summed E-state index contributed by atoms with van der Waals surface area (Å²) in [7, 11) is 0.581. The van der Waals surface area contributed by atoms with Crippen molar-refractivity contribution in [3.8, 4) is 5.75 Å². The van der Waals surface area contributed by atoms with Crippen molar-refractivity contribution >= 4 is 24.5 Å². The monoisotopic (exact) mass is 487 g/mol. The molecule has 0 amide bonds. The Morgan fingerprint density at radius 1 is 1.08 bits per heavy atom. The third-order valence-corrected chi connectivity index (χ3v) is 6.07. The van der Waals surface area contributed by atoms with Crippen LogP contribution in [0.1, 0.15) is 25.3 Å². The van der Waals surface area contributed by atoms with E-state index in [0.717, 1.165) is 35.3 Å². The molecule has 1 fully saturated rings. The normalized spacial score (nSPS) is 19.3. The fourth-order valence-electron chi connectivity index (χ4n) is 4.33. The summed E-state index contributed by atoms with van der Waals surface area (Å²) in [6, 6.07) is 17.1. The Bertz CT molecular complexity index is 1140. The molecule has 0 radical (unpaired) electrons. The maximum atomic E-state index is 12.0. The molecule has 2 aromatic carbocycles. The third-order valence-electron chi connectivity index (χ3n) is 6.07.